The number of rotatable bonds is 6. The van der Waals surface area contributed by atoms with E-state index >= 15 is 0 Å². The van der Waals surface area contributed by atoms with Crippen LogP contribution in [0.5, 0.6) is 5.75 Å². The highest BCUT2D eigenvalue weighted by Crippen LogP contribution is 2.33. The number of ether oxygens (including phenoxy) is 1. The Bertz CT molecular complexity index is 1050. The molecule has 2 aliphatic heterocycles. The molecule has 2 saturated heterocycles. The normalized spacial score (nSPS) is 17.8. The van der Waals surface area contributed by atoms with Crippen LogP contribution in [-0.4, -0.2) is 46.5 Å². The van der Waals surface area contributed by atoms with E-state index in [2.05, 4.69) is 0 Å². The summed E-state index contributed by atoms with van der Waals surface area (Å²) >= 11 is 0.831. The first-order valence-corrected chi connectivity index (χ1v) is 11.3. The fraction of sp³-hybridized carbons (Fsp3) is 0.292. The van der Waals surface area contributed by atoms with E-state index in [1.807, 2.05) is 4.90 Å². The van der Waals surface area contributed by atoms with Crippen LogP contribution < -0.4 is 4.74 Å². The molecule has 0 unspecified atom stereocenters. The van der Waals surface area contributed by atoms with Gasteiger partial charge in [-0.05, 0) is 60.9 Å². The highest BCUT2D eigenvalue weighted by molar-refractivity contribution is 8.18. The van der Waals surface area contributed by atoms with Crippen molar-refractivity contribution in [2.75, 3.05) is 19.7 Å². The molecule has 8 heteroatoms. The van der Waals surface area contributed by atoms with E-state index in [0.717, 1.165) is 54.6 Å². The van der Waals surface area contributed by atoms with Gasteiger partial charge in [-0.25, -0.2) is 4.39 Å². The lowest BCUT2D eigenvalue weighted by Crippen LogP contribution is -2.38. The SMILES string of the molecule is O=C(COc1ccc(/C=C2\SC(=O)N(Cc3ccccc3F)C2=O)cc1)N1CCCCC1. The molecule has 166 valence electrons. The van der Waals surface area contributed by atoms with Gasteiger partial charge in [-0.15, -0.1) is 0 Å². The Kier molecular flexibility index (Phi) is 6.90. The summed E-state index contributed by atoms with van der Waals surface area (Å²) < 4.78 is 19.5. The molecule has 2 aromatic carbocycles. The molecule has 0 aromatic heterocycles. The summed E-state index contributed by atoms with van der Waals surface area (Å²) in [5.41, 5.74) is 1.01. The van der Waals surface area contributed by atoms with Crippen LogP contribution in [0, 0.1) is 5.82 Å². The number of nitrogens with zero attached hydrogens (tertiary/aromatic N) is 2. The molecule has 2 fully saturated rings. The molecule has 0 spiro atoms. The molecule has 0 radical (unpaired) electrons. The fourth-order valence-corrected chi connectivity index (χ4v) is 4.46. The minimum Gasteiger partial charge on any atom is -0.484 e. The quantitative estimate of drug-likeness (QED) is 0.603. The minimum atomic E-state index is -0.454. The van der Waals surface area contributed by atoms with Crippen molar-refractivity contribution in [1.29, 1.82) is 0 Å². The van der Waals surface area contributed by atoms with E-state index < -0.39 is 17.0 Å². The van der Waals surface area contributed by atoms with E-state index in [9.17, 15) is 18.8 Å². The fourth-order valence-electron chi connectivity index (χ4n) is 3.62. The Morgan fingerprint density at radius 3 is 2.47 bits per heavy atom. The number of thioether (sulfide) groups is 1. The van der Waals surface area contributed by atoms with Crippen LogP contribution in [0.1, 0.15) is 30.4 Å². The first-order valence-electron chi connectivity index (χ1n) is 10.5. The number of piperidine rings is 1. The summed E-state index contributed by atoms with van der Waals surface area (Å²) in [5.74, 6) is -0.363. The molecule has 0 N–H and O–H groups in total. The Balaban J connectivity index is 1.36. The molecule has 2 aliphatic rings. The highest BCUT2D eigenvalue weighted by atomic mass is 32.2. The van der Waals surface area contributed by atoms with Crippen LogP contribution in [0.4, 0.5) is 9.18 Å². The average Bonchev–Trinajstić information content (AvgIpc) is 3.07. The van der Waals surface area contributed by atoms with Gasteiger partial charge in [0.05, 0.1) is 11.4 Å². The largest absolute Gasteiger partial charge is 0.484 e. The Morgan fingerprint density at radius 2 is 1.75 bits per heavy atom. The second-order valence-corrected chi connectivity index (χ2v) is 8.65. The molecule has 0 bridgehead atoms. The summed E-state index contributed by atoms with van der Waals surface area (Å²) in [6.07, 6.45) is 4.85. The standard InChI is InChI=1S/C24H23FN2O4S/c25-20-7-3-2-6-18(20)15-27-23(29)21(32-24(27)30)14-17-8-10-19(11-9-17)31-16-22(28)26-12-4-1-5-13-26/h2-3,6-11,14H,1,4-5,12-13,15-16H2/b21-14-. The number of benzene rings is 2. The van der Waals surface area contributed by atoms with Gasteiger partial charge in [0, 0.05) is 18.7 Å². The van der Waals surface area contributed by atoms with Crippen molar-refractivity contribution in [3.8, 4) is 5.75 Å². The van der Waals surface area contributed by atoms with Crippen molar-refractivity contribution in [2.45, 2.75) is 25.8 Å². The third-order valence-corrected chi connectivity index (χ3v) is 6.32. The number of hydrogen-bond acceptors (Lipinski definition) is 5. The summed E-state index contributed by atoms with van der Waals surface area (Å²) in [5, 5.41) is -0.430. The summed E-state index contributed by atoms with van der Waals surface area (Å²) in [6, 6.07) is 13.0. The third-order valence-electron chi connectivity index (χ3n) is 5.41. The van der Waals surface area contributed by atoms with Gasteiger partial charge in [-0.2, -0.15) is 0 Å². The Labute approximate surface area is 190 Å². The number of amides is 3. The maximum absolute atomic E-state index is 13.9. The molecule has 0 atom stereocenters. The van der Waals surface area contributed by atoms with Crippen LogP contribution in [0.15, 0.2) is 53.4 Å². The smallest absolute Gasteiger partial charge is 0.293 e. The molecular weight excluding hydrogens is 431 g/mol. The molecule has 3 amide bonds. The number of carbonyl (C=O) groups excluding carboxylic acids is 3. The first kappa shape index (κ1) is 22.1. The van der Waals surface area contributed by atoms with Gasteiger partial charge < -0.3 is 9.64 Å². The van der Waals surface area contributed by atoms with Crippen LogP contribution in [0.2, 0.25) is 0 Å². The summed E-state index contributed by atoms with van der Waals surface area (Å²) in [4.78, 5) is 40.3. The first-order chi connectivity index (χ1) is 15.5. The van der Waals surface area contributed by atoms with Gasteiger partial charge in [0.2, 0.25) is 0 Å². The highest BCUT2D eigenvalue weighted by Gasteiger charge is 2.35. The van der Waals surface area contributed by atoms with Crippen molar-refractivity contribution < 1.29 is 23.5 Å². The number of likely N-dealkylation sites (tertiary alicyclic amines) is 1. The second-order valence-electron chi connectivity index (χ2n) is 7.66. The summed E-state index contributed by atoms with van der Waals surface area (Å²) in [7, 11) is 0. The topological polar surface area (TPSA) is 66.9 Å². The number of imide groups is 1. The van der Waals surface area contributed by atoms with E-state index in [4.69, 9.17) is 4.74 Å². The lowest BCUT2D eigenvalue weighted by atomic mass is 10.1. The Morgan fingerprint density at radius 1 is 1.03 bits per heavy atom. The Hall–Kier alpha value is -3.13. The van der Waals surface area contributed by atoms with Gasteiger partial charge in [0.25, 0.3) is 17.1 Å². The predicted molar refractivity (Wildman–Crippen MR) is 120 cm³/mol. The maximum atomic E-state index is 13.9. The van der Waals surface area contributed by atoms with Crippen LogP contribution in [0.3, 0.4) is 0 Å². The molecule has 0 saturated carbocycles. The molecule has 2 aromatic rings. The molecule has 2 heterocycles. The number of carbonyl (C=O) groups is 3. The second kappa shape index (κ2) is 9.99. The van der Waals surface area contributed by atoms with Crippen LogP contribution in [0.25, 0.3) is 6.08 Å². The van der Waals surface area contributed by atoms with Crippen molar-refractivity contribution in [2.24, 2.45) is 0 Å². The van der Waals surface area contributed by atoms with Crippen molar-refractivity contribution >= 4 is 34.9 Å². The van der Waals surface area contributed by atoms with Gasteiger partial charge in [0.15, 0.2) is 6.61 Å². The third kappa shape index (κ3) is 5.19. The van der Waals surface area contributed by atoms with Gasteiger partial charge in [-0.1, -0.05) is 30.3 Å². The lowest BCUT2D eigenvalue weighted by molar-refractivity contribution is -0.134. The molecule has 32 heavy (non-hydrogen) atoms. The van der Waals surface area contributed by atoms with Crippen molar-refractivity contribution in [1.82, 2.24) is 9.80 Å². The molecule has 4 rings (SSSR count). The maximum Gasteiger partial charge on any atom is 0.293 e. The molecule has 0 aliphatic carbocycles. The zero-order valence-electron chi connectivity index (χ0n) is 17.5. The molecule has 6 nitrogen and oxygen atoms in total. The van der Waals surface area contributed by atoms with E-state index in [1.165, 1.54) is 6.07 Å². The van der Waals surface area contributed by atoms with Crippen LogP contribution >= 0.6 is 11.8 Å². The van der Waals surface area contributed by atoms with Crippen molar-refractivity contribution in [3.63, 3.8) is 0 Å². The van der Waals surface area contributed by atoms with E-state index in [0.29, 0.717) is 5.75 Å². The van der Waals surface area contributed by atoms with Gasteiger partial charge in [-0.3, -0.25) is 19.3 Å². The van der Waals surface area contributed by atoms with Crippen molar-refractivity contribution in [3.05, 3.63) is 70.4 Å². The zero-order valence-corrected chi connectivity index (χ0v) is 18.3. The van der Waals surface area contributed by atoms with Crippen LogP contribution in [-0.2, 0) is 16.1 Å². The van der Waals surface area contributed by atoms with E-state index in [-0.39, 0.29) is 29.5 Å². The van der Waals surface area contributed by atoms with Gasteiger partial charge >= 0.3 is 0 Å². The lowest BCUT2D eigenvalue weighted by Gasteiger charge is -2.26. The molecular formula is C24H23FN2O4S. The van der Waals surface area contributed by atoms with Gasteiger partial charge in [0.1, 0.15) is 11.6 Å². The average molecular weight is 455 g/mol. The summed E-state index contributed by atoms with van der Waals surface area (Å²) in [6.45, 7) is 1.46. The number of halogens is 1. The predicted octanol–water partition coefficient (Wildman–Crippen LogP) is 4.45. The van der Waals surface area contributed by atoms with E-state index in [1.54, 1.807) is 48.5 Å². The number of hydrogen-bond donors (Lipinski definition) is 0. The zero-order chi connectivity index (χ0) is 22.5. The monoisotopic (exact) mass is 454 g/mol. The minimum absolute atomic E-state index is 0.00567.